The van der Waals surface area contributed by atoms with Crippen LogP contribution < -0.4 is 10.1 Å². The van der Waals surface area contributed by atoms with Gasteiger partial charge in [0, 0.05) is 5.02 Å². The van der Waals surface area contributed by atoms with E-state index in [1.807, 2.05) is 0 Å². The van der Waals surface area contributed by atoms with Gasteiger partial charge in [0.2, 0.25) is 0 Å². The zero-order valence-electron chi connectivity index (χ0n) is 15.5. The molecule has 0 saturated heterocycles. The third-order valence-electron chi connectivity index (χ3n) is 4.03. The first-order chi connectivity index (χ1) is 14.5. The van der Waals surface area contributed by atoms with Gasteiger partial charge in [-0.2, -0.15) is 13.2 Å². The van der Waals surface area contributed by atoms with Gasteiger partial charge in [-0.15, -0.1) is 0 Å². The first-order valence-electron chi connectivity index (χ1n) is 8.44. The van der Waals surface area contributed by atoms with Crippen molar-refractivity contribution in [3.63, 3.8) is 0 Å². The Morgan fingerprint density at radius 2 is 1.65 bits per heavy atom. The van der Waals surface area contributed by atoms with E-state index in [0.717, 1.165) is 6.07 Å². The summed E-state index contributed by atoms with van der Waals surface area (Å²) >= 11 is 24.0. The maximum Gasteiger partial charge on any atom is 0.433 e. The zero-order valence-corrected chi connectivity index (χ0v) is 18.5. The summed E-state index contributed by atoms with van der Waals surface area (Å²) < 4.78 is 44.9. The lowest BCUT2D eigenvalue weighted by Gasteiger charge is -2.16. The highest BCUT2D eigenvalue weighted by Gasteiger charge is 2.34. The van der Waals surface area contributed by atoms with Gasteiger partial charge in [0.05, 0.1) is 20.8 Å². The Morgan fingerprint density at radius 1 is 1.00 bits per heavy atom. The number of hydrogen-bond acceptors (Lipinski definition) is 4. The van der Waals surface area contributed by atoms with Crippen LogP contribution in [-0.4, -0.2) is 11.0 Å². The van der Waals surface area contributed by atoms with Gasteiger partial charge in [0.25, 0.3) is 0 Å². The van der Waals surface area contributed by atoms with Crippen molar-refractivity contribution in [2.45, 2.75) is 13.1 Å². The van der Waals surface area contributed by atoms with Crippen molar-refractivity contribution < 1.29 is 22.7 Å². The number of ether oxygens (including phenoxy) is 1. The van der Waals surface area contributed by atoms with Gasteiger partial charge in [0.15, 0.2) is 5.75 Å². The molecule has 1 aromatic heterocycles. The van der Waals surface area contributed by atoms with E-state index in [1.165, 1.54) is 18.2 Å². The molecule has 0 spiro atoms. The average Bonchev–Trinajstić information content (AvgIpc) is 2.66. The summed E-state index contributed by atoms with van der Waals surface area (Å²) in [5, 5.41) is 3.02. The van der Waals surface area contributed by atoms with Crippen molar-refractivity contribution in [3.8, 4) is 5.75 Å². The number of esters is 1. The molecule has 0 radical (unpaired) electrons. The predicted molar refractivity (Wildman–Crippen MR) is 115 cm³/mol. The number of aromatic nitrogens is 1. The number of rotatable bonds is 4. The molecule has 0 amide bonds. The molecule has 3 aromatic rings. The Bertz CT molecular complexity index is 1130. The molecular weight excluding hydrogens is 499 g/mol. The summed E-state index contributed by atoms with van der Waals surface area (Å²) in [6.45, 7) is 1.69. The number of nitrogens with one attached hydrogen (secondary N) is 1. The van der Waals surface area contributed by atoms with Crippen LogP contribution in [0.4, 0.5) is 24.7 Å². The molecule has 3 rings (SSSR count). The molecule has 31 heavy (non-hydrogen) atoms. The van der Waals surface area contributed by atoms with E-state index in [4.69, 9.17) is 51.1 Å². The van der Waals surface area contributed by atoms with Crippen LogP contribution in [0.25, 0.3) is 0 Å². The molecule has 0 fully saturated rings. The summed E-state index contributed by atoms with van der Waals surface area (Å²) in [7, 11) is 0. The van der Waals surface area contributed by atoms with Crippen LogP contribution in [0.1, 0.15) is 21.6 Å². The van der Waals surface area contributed by atoms with Crippen LogP contribution in [0.2, 0.25) is 20.1 Å². The lowest BCUT2D eigenvalue weighted by Crippen LogP contribution is -2.16. The molecule has 2 aromatic carbocycles. The first kappa shape index (κ1) is 23.5. The quantitative estimate of drug-likeness (QED) is 0.286. The van der Waals surface area contributed by atoms with Gasteiger partial charge < -0.3 is 10.1 Å². The van der Waals surface area contributed by atoms with E-state index in [1.54, 1.807) is 19.1 Å². The van der Waals surface area contributed by atoms with Crippen molar-refractivity contribution >= 4 is 63.9 Å². The smallest absolute Gasteiger partial charge is 0.420 e. The summed E-state index contributed by atoms with van der Waals surface area (Å²) in [4.78, 5) is 16.3. The molecule has 0 bridgehead atoms. The first-order valence-corrected chi connectivity index (χ1v) is 9.95. The number of carbonyl (C=O) groups excluding carboxylic acids is 1. The van der Waals surface area contributed by atoms with Crippen LogP contribution in [0.5, 0.6) is 5.75 Å². The van der Waals surface area contributed by atoms with E-state index in [0.29, 0.717) is 11.6 Å². The molecule has 0 atom stereocenters. The Labute approximate surface area is 194 Å². The van der Waals surface area contributed by atoms with E-state index < -0.39 is 23.7 Å². The highest BCUT2D eigenvalue weighted by molar-refractivity contribution is 6.40. The second-order valence-corrected chi connectivity index (χ2v) is 7.89. The molecule has 0 unspecified atom stereocenters. The number of para-hydroxylation sites is 1. The van der Waals surface area contributed by atoms with Crippen LogP contribution in [-0.2, 0) is 6.18 Å². The minimum atomic E-state index is -4.74. The number of nitrogens with zero attached hydrogens (tertiary/aromatic N) is 1. The number of halogens is 7. The summed E-state index contributed by atoms with van der Waals surface area (Å²) in [5.41, 5.74) is -0.601. The number of anilines is 2. The fourth-order valence-electron chi connectivity index (χ4n) is 2.56. The second kappa shape index (κ2) is 9.12. The second-order valence-electron chi connectivity index (χ2n) is 6.24. The van der Waals surface area contributed by atoms with Gasteiger partial charge >= 0.3 is 12.1 Å². The highest BCUT2D eigenvalue weighted by atomic mass is 35.5. The largest absolute Gasteiger partial charge is 0.433 e. The molecule has 1 N–H and O–H groups in total. The minimum absolute atomic E-state index is 0.0535. The van der Waals surface area contributed by atoms with Crippen molar-refractivity contribution in [2.24, 2.45) is 0 Å². The maximum absolute atomic E-state index is 13.2. The van der Waals surface area contributed by atoms with Crippen molar-refractivity contribution in [1.29, 1.82) is 0 Å². The Morgan fingerprint density at radius 3 is 2.23 bits per heavy atom. The van der Waals surface area contributed by atoms with Gasteiger partial charge in [0.1, 0.15) is 17.1 Å². The predicted octanol–water partition coefficient (Wildman–Crippen LogP) is 7.99. The maximum atomic E-state index is 13.2. The number of hydrogen-bond donors (Lipinski definition) is 1. The number of aryl methyl sites for hydroxylation is 1. The van der Waals surface area contributed by atoms with Crippen LogP contribution in [0.3, 0.4) is 0 Å². The monoisotopic (exact) mass is 508 g/mol. The lowest BCUT2D eigenvalue weighted by molar-refractivity contribution is -0.141. The van der Waals surface area contributed by atoms with E-state index in [-0.39, 0.29) is 37.1 Å². The molecular formula is C20H11Cl4F3N2O2. The Balaban J connectivity index is 2.06. The Kier molecular flexibility index (Phi) is 6.91. The molecule has 1 heterocycles. The number of alkyl halides is 3. The summed E-state index contributed by atoms with van der Waals surface area (Å²) in [5.74, 6) is -1.64. The van der Waals surface area contributed by atoms with Crippen LogP contribution in [0.15, 0.2) is 42.5 Å². The number of benzene rings is 2. The van der Waals surface area contributed by atoms with Gasteiger partial charge in [-0.1, -0.05) is 58.5 Å². The van der Waals surface area contributed by atoms with Gasteiger partial charge in [-0.3, -0.25) is 0 Å². The fraction of sp³-hybridized carbons (Fsp3) is 0.100. The third kappa shape index (κ3) is 5.36. The summed E-state index contributed by atoms with van der Waals surface area (Å²) in [6.07, 6.45) is -4.74. The highest BCUT2D eigenvalue weighted by Crippen LogP contribution is 2.38. The Hall–Kier alpha value is -2.19. The molecule has 0 aliphatic rings. The molecule has 162 valence electrons. The number of pyridine rings is 1. The normalized spacial score (nSPS) is 11.4. The molecule has 0 aliphatic heterocycles. The third-order valence-corrected chi connectivity index (χ3v) is 5.12. The molecule has 0 aliphatic carbocycles. The number of carbonyl (C=O) groups is 1. The lowest BCUT2D eigenvalue weighted by atomic mass is 10.1. The van der Waals surface area contributed by atoms with Crippen LogP contribution >= 0.6 is 46.4 Å². The summed E-state index contributed by atoms with van der Waals surface area (Å²) in [6, 6.07) is 9.09. The molecule has 11 heteroatoms. The van der Waals surface area contributed by atoms with E-state index in [9.17, 15) is 18.0 Å². The SMILES string of the molecule is Cc1cccc(Cl)c1Nc1nc(C(F)(F)F)ccc1C(=O)Oc1c(Cl)cc(Cl)cc1Cl. The minimum Gasteiger partial charge on any atom is -0.420 e. The van der Waals surface area contributed by atoms with Crippen molar-refractivity contribution in [3.05, 3.63) is 79.4 Å². The van der Waals surface area contributed by atoms with E-state index >= 15 is 0 Å². The molecule has 0 saturated carbocycles. The van der Waals surface area contributed by atoms with Crippen molar-refractivity contribution in [2.75, 3.05) is 5.32 Å². The van der Waals surface area contributed by atoms with Gasteiger partial charge in [-0.25, -0.2) is 9.78 Å². The zero-order chi connectivity index (χ0) is 22.9. The molecule has 4 nitrogen and oxygen atoms in total. The topological polar surface area (TPSA) is 51.2 Å². The van der Waals surface area contributed by atoms with E-state index in [2.05, 4.69) is 10.3 Å². The van der Waals surface area contributed by atoms with Crippen LogP contribution in [0, 0.1) is 6.92 Å². The fourth-order valence-corrected chi connectivity index (χ4v) is 3.72. The average molecular weight is 510 g/mol. The van der Waals surface area contributed by atoms with Gasteiger partial charge in [-0.05, 0) is 42.8 Å². The standard InChI is InChI=1S/C20H11Cl4F3N2O2/c1-9-3-2-4-12(22)16(9)29-18-11(5-6-15(28-18)20(25,26)27)19(30)31-17-13(23)7-10(21)8-14(17)24/h2-8H,1H3,(H,28,29). The van der Waals surface area contributed by atoms with Crippen molar-refractivity contribution in [1.82, 2.24) is 4.98 Å².